The van der Waals surface area contributed by atoms with Crippen LogP contribution in [0.5, 0.6) is 0 Å². The number of hydrogen-bond acceptors (Lipinski definition) is 7. The molecule has 0 amide bonds. The molecule has 10 heteroatoms. The van der Waals surface area contributed by atoms with E-state index < -0.39 is 28.3 Å². The van der Waals surface area contributed by atoms with Crippen molar-refractivity contribution in [1.29, 1.82) is 0 Å². The number of aryl methyl sites for hydroxylation is 1. The molecule has 0 aliphatic rings. The van der Waals surface area contributed by atoms with E-state index in [1.165, 1.54) is 42.8 Å². The summed E-state index contributed by atoms with van der Waals surface area (Å²) < 4.78 is 37.7. The molecule has 0 radical (unpaired) electrons. The van der Waals surface area contributed by atoms with Gasteiger partial charge in [-0.25, -0.2) is 13.2 Å². The maximum Gasteiger partial charge on any atom is 0.419 e. The van der Waals surface area contributed by atoms with Crippen LogP contribution in [-0.2, 0) is 26.1 Å². The number of benzene rings is 2. The number of aromatic nitrogens is 1. The van der Waals surface area contributed by atoms with Crippen LogP contribution in [0.2, 0.25) is 0 Å². The van der Waals surface area contributed by atoms with E-state index >= 15 is 0 Å². The molecule has 0 unspecified atom stereocenters. The summed E-state index contributed by atoms with van der Waals surface area (Å²) >= 11 is 0. The second-order valence-corrected chi connectivity index (χ2v) is 8.95. The molecule has 3 aromatic rings. The van der Waals surface area contributed by atoms with E-state index in [-0.39, 0.29) is 17.3 Å². The minimum absolute atomic E-state index is 0.0198. The van der Waals surface area contributed by atoms with Gasteiger partial charge in [-0.05, 0) is 37.6 Å². The molecule has 0 N–H and O–H groups in total. The summed E-state index contributed by atoms with van der Waals surface area (Å²) in [4.78, 5) is 35.3. The summed E-state index contributed by atoms with van der Waals surface area (Å²) in [5.74, 6) is -1.38. The largest absolute Gasteiger partial charge is 0.465 e. The SMILES string of the molecule is CC(=O)c1ccc(S(=O)(=O)N(C)CC(=O)OCCCn2c(=O)oc3ccccc32)cc1. The van der Waals surface area contributed by atoms with Gasteiger partial charge in [0.15, 0.2) is 11.4 Å². The molecular weight excluding hydrogens is 424 g/mol. The number of sulfonamides is 1. The monoisotopic (exact) mass is 446 g/mol. The van der Waals surface area contributed by atoms with Gasteiger partial charge < -0.3 is 9.15 Å². The number of oxazole rings is 1. The first-order valence-electron chi connectivity index (χ1n) is 9.51. The van der Waals surface area contributed by atoms with Crippen molar-refractivity contribution in [3.05, 3.63) is 64.6 Å². The number of Topliss-reactive ketones (excluding diaryl/α,β-unsaturated/α-hetero) is 1. The van der Waals surface area contributed by atoms with E-state index in [1.807, 2.05) is 0 Å². The van der Waals surface area contributed by atoms with Crippen molar-refractivity contribution in [3.63, 3.8) is 0 Å². The third kappa shape index (κ3) is 5.09. The van der Waals surface area contributed by atoms with Gasteiger partial charge in [0.1, 0.15) is 6.54 Å². The first kappa shape index (κ1) is 22.4. The van der Waals surface area contributed by atoms with Gasteiger partial charge in [0.2, 0.25) is 10.0 Å². The Morgan fingerprint density at radius 3 is 2.45 bits per heavy atom. The van der Waals surface area contributed by atoms with E-state index in [1.54, 1.807) is 24.3 Å². The number of hydrogen-bond donors (Lipinski definition) is 0. The van der Waals surface area contributed by atoms with Crippen LogP contribution in [0.25, 0.3) is 11.1 Å². The van der Waals surface area contributed by atoms with Crippen molar-refractivity contribution < 1.29 is 27.2 Å². The summed E-state index contributed by atoms with van der Waals surface area (Å²) in [5, 5.41) is 0. The molecule has 9 nitrogen and oxygen atoms in total. The molecule has 31 heavy (non-hydrogen) atoms. The van der Waals surface area contributed by atoms with Crippen molar-refractivity contribution in [2.75, 3.05) is 20.2 Å². The number of carbonyl (C=O) groups is 2. The molecule has 2 aromatic carbocycles. The summed E-state index contributed by atoms with van der Waals surface area (Å²) in [6.45, 7) is 1.23. The highest BCUT2D eigenvalue weighted by Crippen LogP contribution is 2.16. The summed E-state index contributed by atoms with van der Waals surface area (Å²) in [5.41, 5.74) is 1.53. The van der Waals surface area contributed by atoms with Crippen LogP contribution < -0.4 is 5.76 Å². The third-order valence-electron chi connectivity index (χ3n) is 4.68. The van der Waals surface area contributed by atoms with E-state index in [2.05, 4.69) is 0 Å². The lowest BCUT2D eigenvalue weighted by atomic mass is 10.2. The Balaban J connectivity index is 1.52. The average Bonchev–Trinajstić information content (AvgIpc) is 3.06. The third-order valence-corrected chi connectivity index (χ3v) is 6.50. The van der Waals surface area contributed by atoms with Crippen molar-refractivity contribution >= 4 is 32.9 Å². The van der Waals surface area contributed by atoms with E-state index in [0.29, 0.717) is 29.6 Å². The smallest absolute Gasteiger partial charge is 0.419 e. The summed E-state index contributed by atoms with van der Waals surface area (Å²) in [7, 11) is -2.64. The number of ketones is 1. The fourth-order valence-electron chi connectivity index (χ4n) is 2.99. The van der Waals surface area contributed by atoms with E-state index in [9.17, 15) is 22.8 Å². The van der Waals surface area contributed by atoms with Gasteiger partial charge in [-0.15, -0.1) is 0 Å². The number of para-hydroxylation sites is 2. The summed E-state index contributed by atoms with van der Waals surface area (Å²) in [6.07, 6.45) is 0.359. The van der Waals surface area contributed by atoms with Crippen molar-refractivity contribution in [2.24, 2.45) is 0 Å². The zero-order chi connectivity index (χ0) is 22.6. The molecule has 1 heterocycles. The Morgan fingerprint density at radius 1 is 1.10 bits per heavy atom. The minimum atomic E-state index is -3.91. The Hall–Kier alpha value is -3.24. The first-order valence-corrected chi connectivity index (χ1v) is 11.0. The van der Waals surface area contributed by atoms with Gasteiger partial charge in [-0.2, -0.15) is 4.31 Å². The molecule has 0 saturated heterocycles. The Morgan fingerprint density at radius 2 is 1.77 bits per heavy atom. The zero-order valence-corrected chi connectivity index (χ0v) is 17.9. The number of ether oxygens (including phenoxy) is 1. The van der Waals surface area contributed by atoms with Gasteiger partial charge in [0.25, 0.3) is 0 Å². The van der Waals surface area contributed by atoms with Crippen LogP contribution in [0.15, 0.2) is 62.6 Å². The molecule has 164 valence electrons. The number of esters is 1. The molecule has 3 rings (SSSR count). The van der Waals surface area contributed by atoms with Gasteiger partial charge in [-0.1, -0.05) is 24.3 Å². The minimum Gasteiger partial charge on any atom is -0.465 e. The van der Waals surface area contributed by atoms with Gasteiger partial charge in [-0.3, -0.25) is 14.2 Å². The number of carbonyl (C=O) groups excluding carboxylic acids is 2. The molecule has 0 aliphatic heterocycles. The number of fused-ring (bicyclic) bond motifs is 1. The lowest BCUT2D eigenvalue weighted by Crippen LogP contribution is -2.33. The molecule has 0 bridgehead atoms. The average molecular weight is 446 g/mol. The summed E-state index contributed by atoms with van der Waals surface area (Å²) in [6, 6.07) is 12.5. The Labute approximate surface area is 178 Å². The van der Waals surface area contributed by atoms with Crippen molar-refractivity contribution in [3.8, 4) is 0 Å². The molecule has 1 aromatic heterocycles. The highest BCUT2D eigenvalue weighted by atomic mass is 32.2. The maximum absolute atomic E-state index is 12.6. The standard InChI is InChI=1S/C21H22N2O7S/c1-15(24)16-8-10-17(11-9-16)31(27,28)22(2)14-20(25)29-13-5-12-23-18-6-3-4-7-19(18)30-21(23)26/h3-4,6-11H,5,12-14H2,1-2H3. The fourth-order valence-corrected chi connectivity index (χ4v) is 4.10. The van der Waals surface area contributed by atoms with Gasteiger partial charge >= 0.3 is 11.7 Å². The van der Waals surface area contributed by atoms with E-state index in [4.69, 9.17) is 9.15 Å². The van der Waals surface area contributed by atoms with Crippen LogP contribution >= 0.6 is 0 Å². The number of nitrogens with zero attached hydrogens (tertiary/aromatic N) is 2. The highest BCUT2D eigenvalue weighted by molar-refractivity contribution is 7.89. The lowest BCUT2D eigenvalue weighted by Gasteiger charge is -2.16. The van der Waals surface area contributed by atoms with E-state index in [0.717, 1.165) is 4.31 Å². The quantitative estimate of drug-likeness (QED) is 0.281. The molecule has 0 spiro atoms. The van der Waals surface area contributed by atoms with Crippen molar-refractivity contribution in [2.45, 2.75) is 24.8 Å². The number of rotatable bonds is 9. The first-order chi connectivity index (χ1) is 14.7. The topological polar surface area (TPSA) is 116 Å². The van der Waals surface area contributed by atoms with Crippen LogP contribution in [0, 0.1) is 0 Å². The molecule has 0 fully saturated rings. The normalized spacial score (nSPS) is 11.7. The second kappa shape index (κ2) is 9.27. The molecule has 0 atom stereocenters. The predicted molar refractivity (Wildman–Crippen MR) is 112 cm³/mol. The van der Waals surface area contributed by atoms with Crippen LogP contribution in [0.4, 0.5) is 0 Å². The molecule has 0 saturated carbocycles. The number of likely N-dealkylation sites (N-methyl/N-ethyl adjacent to an activating group) is 1. The zero-order valence-electron chi connectivity index (χ0n) is 17.1. The Kier molecular flexibility index (Phi) is 6.71. The second-order valence-electron chi connectivity index (χ2n) is 6.90. The fraction of sp³-hybridized carbons (Fsp3) is 0.286. The molecular formula is C21H22N2O7S. The highest BCUT2D eigenvalue weighted by Gasteiger charge is 2.23. The van der Waals surface area contributed by atoms with Crippen LogP contribution in [0.1, 0.15) is 23.7 Å². The van der Waals surface area contributed by atoms with Gasteiger partial charge in [0, 0.05) is 19.2 Å². The molecule has 0 aliphatic carbocycles. The van der Waals surface area contributed by atoms with Crippen LogP contribution in [0.3, 0.4) is 0 Å². The Bertz CT molecular complexity index is 1260. The van der Waals surface area contributed by atoms with Crippen LogP contribution in [-0.4, -0.2) is 49.2 Å². The lowest BCUT2D eigenvalue weighted by molar-refractivity contribution is -0.143. The maximum atomic E-state index is 12.6. The van der Waals surface area contributed by atoms with Gasteiger partial charge in [0.05, 0.1) is 17.0 Å². The van der Waals surface area contributed by atoms with Crippen molar-refractivity contribution in [1.82, 2.24) is 8.87 Å². The predicted octanol–water partition coefficient (Wildman–Crippen LogP) is 2.05.